The van der Waals surface area contributed by atoms with Crippen LogP contribution in [-0.4, -0.2) is 14.2 Å². The Morgan fingerprint density at radius 2 is 1.40 bits per heavy atom. The van der Waals surface area contributed by atoms with E-state index < -0.39 is 0 Å². The molecule has 0 saturated heterocycles. The van der Waals surface area contributed by atoms with Crippen LogP contribution in [0.3, 0.4) is 0 Å². The van der Waals surface area contributed by atoms with E-state index in [-0.39, 0.29) is 5.38 Å². The van der Waals surface area contributed by atoms with E-state index in [2.05, 4.69) is 32.0 Å². The molecule has 1 unspecified atom stereocenters. The normalized spacial score (nSPS) is 12.1. The molecule has 106 valence electrons. The summed E-state index contributed by atoms with van der Waals surface area (Å²) in [5.74, 6) is 1.40. The maximum Gasteiger partial charge on any atom is 0.161 e. The van der Waals surface area contributed by atoms with Crippen LogP contribution in [0, 0.1) is 13.8 Å². The number of benzene rings is 2. The highest BCUT2D eigenvalue weighted by Gasteiger charge is 2.14. The lowest BCUT2D eigenvalue weighted by Gasteiger charge is -2.15. The zero-order valence-electron chi connectivity index (χ0n) is 12.2. The van der Waals surface area contributed by atoms with Gasteiger partial charge in [-0.1, -0.05) is 35.4 Å². The number of aryl methyl sites for hydroxylation is 2. The van der Waals surface area contributed by atoms with Crippen molar-refractivity contribution in [3.63, 3.8) is 0 Å². The van der Waals surface area contributed by atoms with Gasteiger partial charge in [-0.05, 0) is 37.1 Å². The number of hydrogen-bond donors (Lipinski definition) is 0. The van der Waals surface area contributed by atoms with Crippen LogP contribution >= 0.6 is 11.6 Å². The minimum absolute atomic E-state index is 0.201. The molecular formula is C17H19ClO2. The van der Waals surface area contributed by atoms with Crippen LogP contribution in [0.2, 0.25) is 0 Å². The maximum absolute atomic E-state index is 6.60. The second kappa shape index (κ2) is 6.19. The fourth-order valence-corrected chi connectivity index (χ4v) is 2.62. The molecule has 0 aliphatic heterocycles. The average molecular weight is 291 g/mol. The highest BCUT2D eigenvalue weighted by Crippen LogP contribution is 2.35. The van der Waals surface area contributed by atoms with E-state index in [0.29, 0.717) is 11.5 Å². The Morgan fingerprint density at radius 3 is 1.95 bits per heavy atom. The molecule has 2 aromatic carbocycles. The summed E-state index contributed by atoms with van der Waals surface area (Å²) in [6.07, 6.45) is 0. The first-order chi connectivity index (χ1) is 9.55. The molecule has 2 nitrogen and oxygen atoms in total. The maximum atomic E-state index is 6.60. The standard InChI is InChI=1S/C17H19ClO2/c1-11-7-12(2)9-14(8-11)17(18)13-5-6-15(19-3)16(10-13)20-4/h5-10,17H,1-4H3. The van der Waals surface area contributed by atoms with Crippen LogP contribution in [0.5, 0.6) is 11.5 Å². The zero-order chi connectivity index (χ0) is 14.7. The van der Waals surface area contributed by atoms with Crippen LogP contribution in [0.15, 0.2) is 36.4 Å². The molecule has 0 aliphatic rings. The van der Waals surface area contributed by atoms with Gasteiger partial charge in [0.15, 0.2) is 11.5 Å². The molecule has 0 N–H and O–H groups in total. The molecule has 0 bridgehead atoms. The summed E-state index contributed by atoms with van der Waals surface area (Å²) in [6.45, 7) is 4.16. The molecule has 20 heavy (non-hydrogen) atoms. The van der Waals surface area contributed by atoms with Crippen molar-refractivity contribution in [1.82, 2.24) is 0 Å². The molecule has 2 rings (SSSR count). The molecule has 0 radical (unpaired) electrons. The highest BCUT2D eigenvalue weighted by atomic mass is 35.5. The van der Waals surface area contributed by atoms with Crippen molar-refractivity contribution in [2.24, 2.45) is 0 Å². The number of hydrogen-bond acceptors (Lipinski definition) is 2. The third-order valence-corrected chi connectivity index (χ3v) is 3.74. The second-order valence-corrected chi connectivity index (χ2v) is 5.33. The summed E-state index contributed by atoms with van der Waals surface area (Å²) in [4.78, 5) is 0. The first-order valence-corrected chi connectivity index (χ1v) is 6.93. The first-order valence-electron chi connectivity index (χ1n) is 6.49. The van der Waals surface area contributed by atoms with Gasteiger partial charge in [0.1, 0.15) is 0 Å². The van der Waals surface area contributed by atoms with Crippen molar-refractivity contribution < 1.29 is 9.47 Å². The van der Waals surface area contributed by atoms with Gasteiger partial charge in [0.05, 0.1) is 19.6 Å². The topological polar surface area (TPSA) is 18.5 Å². The Hall–Kier alpha value is -1.67. The van der Waals surface area contributed by atoms with Crippen LogP contribution in [-0.2, 0) is 0 Å². The summed E-state index contributed by atoms with van der Waals surface area (Å²) in [6, 6.07) is 12.1. The minimum Gasteiger partial charge on any atom is -0.493 e. The van der Waals surface area contributed by atoms with Crippen molar-refractivity contribution in [2.45, 2.75) is 19.2 Å². The molecule has 0 saturated carbocycles. The Morgan fingerprint density at radius 1 is 0.800 bits per heavy atom. The van der Waals surface area contributed by atoms with Crippen molar-refractivity contribution in [3.05, 3.63) is 58.7 Å². The lowest BCUT2D eigenvalue weighted by molar-refractivity contribution is 0.354. The Balaban J connectivity index is 2.39. The fraction of sp³-hybridized carbons (Fsp3) is 0.294. The van der Waals surface area contributed by atoms with Crippen LogP contribution in [0.4, 0.5) is 0 Å². The minimum atomic E-state index is -0.201. The van der Waals surface area contributed by atoms with E-state index in [9.17, 15) is 0 Å². The van der Waals surface area contributed by atoms with Gasteiger partial charge in [-0.3, -0.25) is 0 Å². The number of halogens is 1. The molecule has 0 amide bonds. The van der Waals surface area contributed by atoms with Gasteiger partial charge in [0, 0.05) is 0 Å². The van der Waals surface area contributed by atoms with Crippen molar-refractivity contribution >= 4 is 11.6 Å². The van der Waals surface area contributed by atoms with E-state index in [1.807, 2.05) is 18.2 Å². The summed E-state index contributed by atoms with van der Waals surface area (Å²) < 4.78 is 10.6. The summed E-state index contributed by atoms with van der Waals surface area (Å²) in [7, 11) is 3.25. The van der Waals surface area contributed by atoms with Crippen molar-refractivity contribution in [3.8, 4) is 11.5 Å². The van der Waals surface area contributed by atoms with Gasteiger partial charge in [0.25, 0.3) is 0 Å². The van der Waals surface area contributed by atoms with Crippen molar-refractivity contribution in [2.75, 3.05) is 14.2 Å². The first kappa shape index (κ1) is 14.7. The third kappa shape index (κ3) is 3.07. The Bertz CT molecular complexity index is 588. The molecular weight excluding hydrogens is 272 g/mol. The smallest absolute Gasteiger partial charge is 0.161 e. The number of methoxy groups -OCH3 is 2. The molecule has 0 aromatic heterocycles. The number of alkyl halides is 1. The average Bonchev–Trinajstić information content (AvgIpc) is 2.44. The summed E-state index contributed by atoms with van der Waals surface area (Å²) >= 11 is 6.60. The fourth-order valence-electron chi connectivity index (χ4n) is 2.36. The predicted octanol–water partition coefficient (Wildman–Crippen LogP) is 4.65. The van der Waals surface area contributed by atoms with Crippen LogP contribution in [0.1, 0.15) is 27.6 Å². The molecule has 0 aliphatic carbocycles. The van der Waals surface area contributed by atoms with Gasteiger partial charge in [-0.25, -0.2) is 0 Å². The van der Waals surface area contributed by atoms with E-state index in [1.54, 1.807) is 14.2 Å². The van der Waals surface area contributed by atoms with E-state index >= 15 is 0 Å². The SMILES string of the molecule is COc1ccc(C(Cl)c2cc(C)cc(C)c2)cc1OC. The van der Waals surface area contributed by atoms with E-state index in [0.717, 1.165) is 11.1 Å². The molecule has 2 aromatic rings. The van der Waals surface area contributed by atoms with Crippen LogP contribution < -0.4 is 9.47 Å². The largest absolute Gasteiger partial charge is 0.493 e. The quantitative estimate of drug-likeness (QED) is 0.763. The van der Waals surface area contributed by atoms with Crippen LogP contribution in [0.25, 0.3) is 0 Å². The highest BCUT2D eigenvalue weighted by molar-refractivity contribution is 6.22. The van der Waals surface area contributed by atoms with Gasteiger partial charge < -0.3 is 9.47 Å². The lowest BCUT2D eigenvalue weighted by Crippen LogP contribution is -1.97. The molecule has 0 fully saturated rings. The van der Waals surface area contributed by atoms with Gasteiger partial charge in [0.2, 0.25) is 0 Å². The van der Waals surface area contributed by atoms with Gasteiger partial charge >= 0.3 is 0 Å². The lowest BCUT2D eigenvalue weighted by atomic mass is 10.00. The predicted molar refractivity (Wildman–Crippen MR) is 83.2 cm³/mol. The number of ether oxygens (including phenoxy) is 2. The number of rotatable bonds is 4. The Kier molecular flexibility index (Phi) is 4.56. The molecule has 0 spiro atoms. The van der Waals surface area contributed by atoms with Crippen molar-refractivity contribution in [1.29, 1.82) is 0 Å². The molecule has 0 heterocycles. The van der Waals surface area contributed by atoms with Gasteiger partial charge in [-0.15, -0.1) is 11.6 Å². The molecule has 1 atom stereocenters. The van der Waals surface area contributed by atoms with Gasteiger partial charge in [-0.2, -0.15) is 0 Å². The Labute approximate surface area is 125 Å². The molecule has 3 heteroatoms. The monoisotopic (exact) mass is 290 g/mol. The third-order valence-electron chi connectivity index (χ3n) is 3.24. The summed E-state index contributed by atoms with van der Waals surface area (Å²) in [5, 5.41) is -0.201. The van der Waals surface area contributed by atoms with E-state index in [1.165, 1.54) is 11.1 Å². The second-order valence-electron chi connectivity index (χ2n) is 4.90. The van der Waals surface area contributed by atoms with E-state index in [4.69, 9.17) is 21.1 Å². The zero-order valence-corrected chi connectivity index (χ0v) is 13.0. The summed E-state index contributed by atoms with van der Waals surface area (Å²) in [5.41, 5.74) is 4.52.